The molecule has 28 heavy (non-hydrogen) atoms. The van der Waals surface area contributed by atoms with Gasteiger partial charge in [-0.15, -0.1) is 0 Å². The molecule has 5 heteroatoms. The lowest BCUT2D eigenvalue weighted by Gasteiger charge is -2.30. The molecule has 0 spiro atoms. The second-order valence-corrected chi connectivity index (χ2v) is 8.38. The third-order valence-corrected chi connectivity index (χ3v) is 6.33. The summed E-state index contributed by atoms with van der Waals surface area (Å²) in [6.07, 6.45) is 2.06. The molecule has 2 aromatic rings. The molecule has 3 atom stereocenters. The summed E-state index contributed by atoms with van der Waals surface area (Å²) in [6.45, 7) is 7.21. The van der Waals surface area contributed by atoms with Crippen LogP contribution in [0.3, 0.4) is 0 Å². The minimum atomic E-state index is -0.375. The smallest absolute Gasteiger partial charge is 0.269 e. The number of aldehydes is 1. The van der Waals surface area contributed by atoms with Crippen molar-refractivity contribution in [1.29, 1.82) is 0 Å². The van der Waals surface area contributed by atoms with Crippen molar-refractivity contribution in [3.63, 3.8) is 0 Å². The number of carbonyl (C=O) groups excluding carboxylic acids is 1. The highest BCUT2D eigenvalue weighted by Gasteiger charge is 2.57. The molecular formula is C23H28N2O3. The molecule has 1 aliphatic carbocycles. The quantitative estimate of drug-likeness (QED) is 0.380. The Morgan fingerprint density at radius 2 is 1.64 bits per heavy atom. The van der Waals surface area contributed by atoms with Crippen LogP contribution in [0.15, 0.2) is 48.5 Å². The number of non-ortho nitro benzene ring substituents is 1. The zero-order valence-electron chi connectivity index (χ0n) is 17.0. The van der Waals surface area contributed by atoms with Crippen molar-refractivity contribution in [2.24, 2.45) is 17.3 Å². The Morgan fingerprint density at radius 1 is 1.11 bits per heavy atom. The maximum Gasteiger partial charge on any atom is 0.269 e. The van der Waals surface area contributed by atoms with Crippen LogP contribution in [0.25, 0.3) is 0 Å². The molecule has 0 bridgehead atoms. The largest absolute Gasteiger partial charge is 0.303 e. The molecule has 0 N–H and O–H groups in total. The molecule has 1 fully saturated rings. The zero-order valence-corrected chi connectivity index (χ0v) is 17.0. The number of carbonyl (C=O) groups is 1. The van der Waals surface area contributed by atoms with Gasteiger partial charge >= 0.3 is 0 Å². The Labute approximate surface area is 166 Å². The number of nitro groups is 1. The number of aryl methyl sites for hydroxylation is 1. The third-order valence-electron chi connectivity index (χ3n) is 6.33. The van der Waals surface area contributed by atoms with E-state index in [1.165, 1.54) is 5.56 Å². The predicted octanol–water partition coefficient (Wildman–Crippen LogP) is 4.65. The van der Waals surface area contributed by atoms with Gasteiger partial charge in [0.2, 0.25) is 0 Å². The number of hydrogen-bond acceptors (Lipinski definition) is 4. The van der Waals surface area contributed by atoms with E-state index in [9.17, 15) is 14.9 Å². The van der Waals surface area contributed by atoms with Crippen LogP contribution in [0.4, 0.5) is 5.69 Å². The second-order valence-electron chi connectivity index (χ2n) is 8.38. The summed E-state index contributed by atoms with van der Waals surface area (Å²) < 4.78 is 0. The number of benzene rings is 2. The van der Waals surface area contributed by atoms with Crippen molar-refractivity contribution < 1.29 is 9.72 Å². The zero-order chi connectivity index (χ0) is 20.5. The van der Waals surface area contributed by atoms with E-state index in [1.807, 2.05) is 12.1 Å². The lowest BCUT2D eigenvalue weighted by Crippen LogP contribution is -2.28. The van der Waals surface area contributed by atoms with E-state index in [1.54, 1.807) is 12.1 Å². The van der Waals surface area contributed by atoms with Crippen LogP contribution in [-0.4, -0.2) is 29.7 Å². The van der Waals surface area contributed by atoms with Gasteiger partial charge in [0.05, 0.1) is 11.0 Å². The van der Waals surface area contributed by atoms with Gasteiger partial charge < -0.3 is 4.79 Å². The van der Waals surface area contributed by atoms with Gasteiger partial charge in [-0.05, 0) is 41.5 Å². The van der Waals surface area contributed by atoms with E-state index < -0.39 is 0 Å². The van der Waals surface area contributed by atoms with Gasteiger partial charge in [-0.3, -0.25) is 15.0 Å². The minimum Gasteiger partial charge on any atom is -0.303 e. The minimum absolute atomic E-state index is 0.0181. The topological polar surface area (TPSA) is 63.5 Å². The van der Waals surface area contributed by atoms with Crippen molar-refractivity contribution in [1.82, 2.24) is 4.90 Å². The summed E-state index contributed by atoms with van der Waals surface area (Å²) in [5.74, 6) is 0.417. The van der Waals surface area contributed by atoms with Crippen LogP contribution < -0.4 is 0 Å². The van der Waals surface area contributed by atoms with Crippen LogP contribution in [0, 0.1) is 27.4 Å². The molecule has 0 aromatic heterocycles. The maximum atomic E-state index is 11.4. The first-order chi connectivity index (χ1) is 13.3. The summed E-state index contributed by atoms with van der Waals surface area (Å²) in [6, 6.07) is 15.3. The van der Waals surface area contributed by atoms with Crippen LogP contribution in [0.5, 0.6) is 0 Å². The molecule has 3 unspecified atom stereocenters. The molecule has 1 aliphatic rings. The van der Waals surface area contributed by atoms with Crippen molar-refractivity contribution in [2.45, 2.75) is 33.2 Å². The summed E-state index contributed by atoms with van der Waals surface area (Å²) in [5.41, 5.74) is 3.56. The first-order valence-electron chi connectivity index (χ1n) is 9.78. The van der Waals surface area contributed by atoms with Crippen LogP contribution in [-0.2, 0) is 11.2 Å². The summed E-state index contributed by atoms with van der Waals surface area (Å²) in [7, 11) is 2.07. The lowest BCUT2D eigenvalue weighted by molar-refractivity contribution is -0.384. The van der Waals surface area contributed by atoms with Gasteiger partial charge in [-0.1, -0.05) is 57.2 Å². The Bertz CT molecular complexity index is 843. The van der Waals surface area contributed by atoms with Crippen molar-refractivity contribution in [2.75, 3.05) is 13.6 Å². The predicted molar refractivity (Wildman–Crippen MR) is 110 cm³/mol. The van der Waals surface area contributed by atoms with E-state index >= 15 is 0 Å². The molecule has 5 nitrogen and oxygen atoms in total. The summed E-state index contributed by atoms with van der Waals surface area (Å²) in [4.78, 5) is 24.3. The van der Waals surface area contributed by atoms with Crippen LogP contribution in [0.1, 0.15) is 43.5 Å². The third kappa shape index (κ3) is 3.85. The molecule has 1 saturated carbocycles. The van der Waals surface area contributed by atoms with E-state index in [4.69, 9.17) is 0 Å². The summed E-state index contributed by atoms with van der Waals surface area (Å²) >= 11 is 0. The first kappa shape index (κ1) is 20.2. The molecule has 0 saturated heterocycles. The van der Waals surface area contributed by atoms with Crippen molar-refractivity contribution in [3.05, 3.63) is 75.3 Å². The molecule has 3 rings (SSSR count). The summed E-state index contributed by atoms with van der Waals surface area (Å²) in [5, 5.41) is 11.0. The van der Waals surface area contributed by atoms with Gasteiger partial charge in [0.1, 0.15) is 6.29 Å². The normalized spacial score (nSPS) is 21.3. The molecule has 0 amide bonds. The lowest BCUT2D eigenvalue weighted by atomic mass is 9.95. The Morgan fingerprint density at radius 3 is 2.07 bits per heavy atom. The molecular weight excluding hydrogens is 352 g/mol. The highest BCUT2D eigenvalue weighted by Crippen LogP contribution is 2.57. The highest BCUT2D eigenvalue weighted by atomic mass is 16.6. The van der Waals surface area contributed by atoms with Crippen molar-refractivity contribution in [3.8, 4) is 0 Å². The fourth-order valence-corrected chi connectivity index (χ4v) is 4.24. The standard InChI is InChI=1S/C23H28N2O3/c1-5-16-6-8-17(9-7-16)22(18-10-12-19(13-11-18)25(27)28)24(4)14-20-21(15-26)23(20,2)3/h6-13,15,20-22H,5,14H2,1-4H3. The number of nitro benzene ring substituents is 1. The number of nitrogens with zero attached hydrogens (tertiary/aromatic N) is 2. The fourth-order valence-electron chi connectivity index (χ4n) is 4.24. The van der Waals surface area contributed by atoms with Gasteiger partial charge in [-0.25, -0.2) is 0 Å². The molecule has 148 valence electrons. The van der Waals surface area contributed by atoms with Crippen LogP contribution >= 0.6 is 0 Å². The molecule has 0 heterocycles. The Balaban J connectivity index is 1.91. The molecule has 2 aromatic carbocycles. The van der Waals surface area contributed by atoms with E-state index in [0.29, 0.717) is 5.92 Å². The fraction of sp³-hybridized carbons (Fsp3) is 0.435. The second kappa shape index (κ2) is 7.84. The molecule has 0 radical (unpaired) electrons. The molecule has 0 aliphatic heterocycles. The maximum absolute atomic E-state index is 11.4. The highest BCUT2D eigenvalue weighted by molar-refractivity contribution is 5.61. The first-order valence-corrected chi connectivity index (χ1v) is 9.78. The van der Waals surface area contributed by atoms with E-state index in [0.717, 1.165) is 30.4 Å². The van der Waals surface area contributed by atoms with Gasteiger partial charge in [-0.2, -0.15) is 0 Å². The Hall–Kier alpha value is -2.53. The Kier molecular flexibility index (Phi) is 5.66. The average Bonchev–Trinajstić information content (AvgIpc) is 3.21. The number of rotatable bonds is 8. The average molecular weight is 380 g/mol. The van der Waals surface area contributed by atoms with Gasteiger partial charge in [0, 0.05) is 24.6 Å². The monoisotopic (exact) mass is 380 g/mol. The van der Waals surface area contributed by atoms with E-state index in [-0.39, 0.29) is 28.0 Å². The number of hydrogen-bond donors (Lipinski definition) is 0. The van der Waals surface area contributed by atoms with E-state index in [2.05, 4.69) is 57.0 Å². The van der Waals surface area contributed by atoms with Crippen molar-refractivity contribution >= 4 is 12.0 Å². The van der Waals surface area contributed by atoms with Gasteiger partial charge in [0.25, 0.3) is 5.69 Å². The van der Waals surface area contributed by atoms with Gasteiger partial charge in [0.15, 0.2) is 0 Å². The van der Waals surface area contributed by atoms with Crippen LogP contribution in [0.2, 0.25) is 0 Å². The SMILES string of the molecule is CCc1ccc(C(c2ccc([N+](=O)[O-])cc2)N(C)CC2C(C=O)C2(C)C)cc1.